The van der Waals surface area contributed by atoms with Gasteiger partial charge in [0.2, 0.25) is 0 Å². The maximum absolute atomic E-state index is 11.2. The molecule has 0 fully saturated rings. The molecule has 0 radical (unpaired) electrons. The molecular formula is C14H12N4O2S. The molecule has 6 nitrogen and oxygen atoms in total. The van der Waals surface area contributed by atoms with Crippen molar-refractivity contribution in [2.45, 2.75) is 13.8 Å². The summed E-state index contributed by atoms with van der Waals surface area (Å²) in [7, 11) is 0. The van der Waals surface area contributed by atoms with Crippen LogP contribution in [0, 0.1) is 13.8 Å². The maximum Gasteiger partial charge on any atom is 0.346 e. The predicted octanol–water partition coefficient (Wildman–Crippen LogP) is 3.14. The predicted molar refractivity (Wildman–Crippen MR) is 81.4 cm³/mol. The summed E-state index contributed by atoms with van der Waals surface area (Å²) in [6.07, 6.45) is 3.15. The number of anilines is 2. The standard InChI is InChI=1S/C14H12N4O2S/c1-7-10-12(18-9-4-3-5-15-8(9)2)16-6-17-13(10)21-11(7)14(19)20/h3-6H,1-2H3,(H,19,20)(H,16,17,18). The molecule has 2 N–H and O–H groups in total. The summed E-state index contributed by atoms with van der Waals surface area (Å²) < 4.78 is 0. The summed E-state index contributed by atoms with van der Waals surface area (Å²) in [5.41, 5.74) is 2.35. The minimum absolute atomic E-state index is 0.288. The van der Waals surface area contributed by atoms with Crippen molar-refractivity contribution in [1.29, 1.82) is 0 Å². The molecule has 0 aliphatic heterocycles. The van der Waals surface area contributed by atoms with E-state index in [1.165, 1.54) is 6.33 Å². The van der Waals surface area contributed by atoms with Crippen molar-refractivity contribution in [3.8, 4) is 0 Å². The van der Waals surface area contributed by atoms with Crippen LogP contribution in [0.4, 0.5) is 11.5 Å². The van der Waals surface area contributed by atoms with Crippen molar-refractivity contribution >= 4 is 39.0 Å². The van der Waals surface area contributed by atoms with Crippen LogP contribution in [0.3, 0.4) is 0 Å². The number of aromatic carboxylic acids is 1. The molecule has 3 rings (SSSR count). The van der Waals surface area contributed by atoms with Crippen LogP contribution in [0.2, 0.25) is 0 Å². The van der Waals surface area contributed by atoms with Crippen LogP contribution >= 0.6 is 11.3 Å². The van der Waals surface area contributed by atoms with E-state index >= 15 is 0 Å². The van der Waals surface area contributed by atoms with Gasteiger partial charge in [0.25, 0.3) is 0 Å². The third kappa shape index (κ3) is 2.31. The normalized spacial score (nSPS) is 10.8. The lowest BCUT2D eigenvalue weighted by Crippen LogP contribution is -1.99. The van der Waals surface area contributed by atoms with Crippen molar-refractivity contribution < 1.29 is 9.90 Å². The van der Waals surface area contributed by atoms with Gasteiger partial charge in [-0.05, 0) is 31.5 Å². The fourth-order valence-corrected chi connectivity index (χ4v) is 3.10. The van der Waals surface area contributed by atoms with Gasteiger partial charge in [-0.3, -0.25) is 4.98 Å². The van der Waals surface area contributed by atoms with E-state index in [4.69, 9.17) is 0 Å². The summed E-state index contributed by atoms with van der Waals surface area (Å²) in [6.45, 7) is 3.66. The van der Waals surface area contributed by atoms with Gasteiger partial charge in [0, 0.05) is 6.20 Å². The van der Waals surface area contributed by atoms with Crippen molar-refractivity contribution in [1.82, 2.24) is 15.0 Å². The molecule has 0 aliphatic rings. The fraction of sp³-hybridized carbons (Fsp3) is 0.143. The Labute approximate surface area is 124 Å². The lowest BCUT2D eigenvalue weighted by molar-refractivity contribution is 0.0701. The Balaban J connectivity index is 2.15. The van der Waals surface area contributed by atoms with Gasteiger partial charge in [-0.15, -0.1) is 11.3 Å². The molecule has 0 atom stereocenters. The molecule has 0 aliphatic carbocycles. The van der Waals surface area contributed by atoms with Crippen LogP contribution in [0.5, 0.6) is 0 Å². The first-order valence-electron chi connectivity index (χ1n) is 6.24. The number of nitrogens with one attached hydrogen (secondary N) is 1. The zero-order valence-corrected chi connectivity index (χ0v) is 12.2. The Hall–Kier alpha value is -2.54. The number of rotatable bonds is 3. The summed E-state index contributed by atoms with van der Waals surface area (Å²) in [5.74, 6) is -0.351. The largest absolute Gasteiger partial charge is 0.477 e. The topological polar surface area (TPSA) is 88.0 Å². The zero-order valence-electron chi connectivity index (χ0n) is 11.4. The van der Waals surface area contributed by atoms with Gasteiger partial charge in [-0.25, -0.2) is 14.8 Å². The highest BCUT2D eigenvalue weighted by Crippen LogP contribution is 2.34. The van der Waals surface area contributed by atoms with Gasteiger partial charge < -0.3 is 10.4 Å². The van der Waals surface area contributed by atoms with Gasteiger partial charge in [-0.2, -0.15) is 0 Å². The lowest BCUT2D eigenvalue weighted by atomic mass is 10.2. The van der Waals surface area contributed by atoms with Crippen molar-refractivity contribution in [2.75, 3.05) is 5.32 Å². The molecule has 0 bridgehead atoms. The molecule has 106 valence electrons. The van der Waals surface area contributed by atoms with E-state index in [1.807, 2.05) is 19.1 Å². The number of carboxylic acid groups (broad SMARTS) is 1. The summed E-state index contributed by atoms with van der Waals surface area (Å²) >= 11 is 1.15. The SMILES string of the molecule is Cc1ncccc1Nc1ncnc2sc(C(=O)O)c(C)c12. The number of aryl methyl sites for hydroxylation is 2. The number of thiophene rings is 1. The number of carboxylic acids is 1. The molecule has 0 saturated carbocycles. The molecule has 0 aromatic carbocycles. The second-order valence-corrected chi connectivity index (χ2v) is 5.52. The first-order valence-corrected chi connectivity index (χ1v) is 7.05. The fourth-order valence-electron chi connectivity index (χ4n) is 2.11. The molecule has 3 aromatic rings. The molecular weight excluding hydrogens is 288 g/mol. The molecule has 7 heteroatoms. The number of hydrogen-bond acceptors (Lipinski definition) is 6. The lowest BCUT2D eigenvalue weighted by Gasteiger charge is -2.08. The van der Waals surface area contributed by atoms with Gasteiger partial charge in [0.15, 0.2) is 0 Å². The van der Waals surface area contributed by atoms with Crippen LogP contribution < -0.4 is 5.32 Å². The molecule has 3 heterocycles. The maximum atomic E-state index is 11.2. The Kier molecular flexibility index (Phi) is 3.26. The number of pyridine rings is 1. The Morgan fingerprint density at radius 1 is 1.29 bits per heavy atom. The van der Waals surface area contributed by atoms with Crippen molar-refractivity contribution in [3.05, 3.63) is 40.8 Å². The van der Waals surface area contributed by atoms with Gasteiger partial charge in [-0.1, -0.05) is 0 Å². The Morgan fingerprint density at radius 3 is 2.81 bits per heavy atom. The Bertz CT molecular complexity index is 844. The summed E-state index contributed by atoms with van der Waals surface area (Å²) in [6, 6.07) is 3.73. The third-order valence-corrected chi connectivity index (χ3v) is 4.37. The molecule has 0 unspecified atom stereocenters. The average Bonchev–Trinajstić information content (AvgIpc) is 2.80. The second kappa shape index (κ2) is 5.10. The van der Waals surface area contributed by atoms with Crippen LogP contribution in [-0.2, 0) is 0 Å². The van der Waals surface area contributed by atoms with E-state index in [9.17, 15) is 9.90 Å². The zero-order chi connectivity index (χ0) is 15.0. The van der Waals surface area contributed by atoms with E-state index in [2.05, 4.69) is 20.3 Å². The van der Waals surface area contributed by atoms with Crippen molar-refractivity contribution in [2.24, 2.45) is 0 Å². The average molecular weight is 300 g/mol. The van der Waals surface area contributed by atoms with Crippen molar-refractivity contribution in [3.63, 3.8) is 0 Å². The quantitative estimate of drug-likeness (QED) is 0.772. The highest BCUT2D eigenvalue weighted by Gasteiger charge is 2.18. The van der Waals surface area contributed by atoms with E-state index in [-0.39, 0.29) is 4.88 Å². The van der Waals surface area contributed by atoms with E-state index in [0.717, 1.165) is 28.1 Å². The second-order valence-electron chi connectivity index (χ2n) is 4.53. The Morgan fingerprint density at radius 2 is 2.10 bits per heavy atom. The minimum atomic E-state index is -0.945. The van der Waals surface area contributed by atoms with E-state index in [1.54, 1.807) is 13.1 Å². The first kappa shape index (κ1) is 13.4. The van der Waals surface area contributed by atoms with E-state index < -0.39 is 5.97 Å². The molecule has 3 aromatic heterocycles. The van der Waals surface area contributed by atoms with Gasteiger partial charge in [0.05, 0.1) is 16.8 Å². The van der Waals surface area contributed by atoms with Crippen LogP contribution in [0.15, 0.2) is 24.7 Å². The number of hydrogen-bond donors (Lipinski definition) is 2. The monoisotopic (exact) mass is 300 g/mol. The third-order valence-electron chi connectivity index (χ3n) is 3.18. The number of fused-ring (bicyclic) bond motifs is 1. The molecule has 0 spiro atoms. The number of carbonyl (C=O) groups is 1. The number of nitrogens with zero attached hydrogens (tertiary/aromatic N) is 3. The molecule has 0 amide bonds. The van der Waals surface area contributed by atoms with E-state index in [0.29, 0.717) is 16.2 Å². The minimum Gasteiger partial charge on any atom is -0.477 e. The van der Waals surface area contributed by atoms with Crippen LogP contribution in [0.25, 0.3) is 10.2 Å². The molecule has 0 saturated heterocycles. The smallest absolute Gasteiger partial charge is 0.346 e. The highest BCUT2D eigenvalue weighted by molar-refractivity contribution is 7.20. The summed E-state index contributed by atoms with van der Waals surface area (Å²) in [4.78, 5) is 24.8. The highest BCUT2D eigenvalue weighted by atomic mass is 32.1. The van der Waals surface area contributed by atoms with Crippen LogP contribution in [0.1, 0.15) is 20.9 Å². The summed E-state index contributed by atoms with van der Waals surface area (Å²) in [5, 5.41) is 13.2. The number of aromatic nitrogens is 3. The molecule has 21 heavy (non-hydrogen) atoms. The first-order chi connectivity index (χ1) is 10.1. The van der Waals surface area contributed by atoms with Gasteiger partial charge >= 0.3 is 5.97 Å². The van der Waals surface area contributed by atoms with Crippen LogP contribution in [-0.4, -0.2) is 26.0 Å². The van der Waals surface area contributed by atoms with Gasteiger partial charge in [0.1, 0.15) is 21.9 Å².